The minimum atomic E-state index is -0.462. The number of hydrogen-bond acceptors (Lipinski definition) is 4. The van der Waals surface area contributed by atoms with E-state index >= 15 is 0 Å². The van der Waals surface area contributed by atoms with Gasteiger partial charge in [-0.15, -0.1) is 0 Å². The van der Waals surface area contributed by atoms with Gasteiger partial charge in [-0.3, -0.25) is 0 Å². The van der Waals surface area contributed by atoms with Crippen molar-refractivity contribution in [3.63, 3.8) is 0 Å². The Bertz CT molecular complexity index is 425. The zero-order valence-corrected chi connectivity index (χ0v) is 12.6. The lowest BCUT2D eigenvalue weighted by atomic mass is 10.0. The van der Waals surface area contributed by atoms with Gasteiger partial charge in [-0.2, -0.15) is 11.3 Å². The van der Waals surface area contributed by atoms with Crippen LogP contribution in [0.2, 0.25) is 0 Å². The number of ether oxygens (including phenoxy) is 1. The van der Waals surface area contributed by atoms with Crippen molar-refractivity contribution in [1.29, 1.82) is 0 Å². The summed E-state index contributed by atoms with van der Waals surface area (Å²) in [5, 5.41) is 4.16. The first-order chi connectivity index (χ1) is 8.87. The first-order valence-corrected chi connectivity index (χ1v) is 7.57. The van der Waals surface area contributed by atoms with E-state index in [2.05, 4.69) is 11.4 Å². The molecule has 1 saturated heterocycles. The maximum Gasteiger partial charge on any atom is 0.410 e. The minimum Gasteiger partial charge on any atom is -0.444 e. The van der Waals surface area contributed by atoms with E-state index in [9.17, 15) is 4.79 Å². The van der Waals surface area contributed by atoms with Crippen LogP contribution in [0.4, 0.5) is 4.79 Å². The fraction of sp³-hybridized carbons (Fsp3) is 0.643. The van der Waals surface area contributed by atoms with E-state index < -0.39 is 5.60 Å². The van der Waals surface area contributed by atoms with Crippen molar-refractivity contribution in [1.82, 2.24) is 4.90 Å². The van der Waals surface area contributed by atoms with Crippen LogP contribution in [0.25, 0.3) is 0 Å². The van der Waals surface area contributed by atoms with E-state index in [0.717, 1.165) is 12.8 Å². The maximum atomic E-state index is 12.2. The molecule has 2 N–H and O–H groups in total. The molecule has 0 spiro atoms. The molecule has 0 aromatic carbocycles. The van der Waals surface area contributed by atoms with Crippen LogP contribution in [-0.4, -0.2) is 35.2 Å². The fourth-order valence-corrected chi connectivity index (χ4v) is 3.02. The van der Waals surface area contributed by atoms with E-state index in [1.807, 2.05) is 26.2 Å². The van der Waals surface area contributed by atoms with Crippen LogP contribution in [-0.2, 0) is 11.2 Å². The van der Waals surface area contributed by atoms with Gasteiger partial charge >= 0.3 is 6.09 Å². The molecule has 0 bridgehead atoms. The van der Waals surface area contributed by atoms with Gasteiger partial charge in [-0.25, -0.2) is 4.79 Å². The van der Waals surface area contributed by atoms with Gasteiger partial charge in [-0.1, -0.05) is 0 Å². The maximum absolute atomic E-state index is 12.2. The highest BCUT2D eigenvalue weighted by Gasteiger charge is 2.37. The van der Waals surface area contributed by atoms with Crippen LogP contribution in [0.15, 0.2) is 16.8 Å². The molecule has 0 saturated carbocycles. The van der Waals surface area contributed by atoms with Gasteiger partial charge in [0, 0.05) is 12.6 Å². The van der Waals surface area contributed by atoms with Crippen LogP contribution in [0.3, 0.4) is 0 Å². The lowest BCUT2D eigenvalue weighted by molar-refractivity contribution is 0.0221. The summed E-state index contributed by atoms with van der Waals surface area (Å²) in [5.74, 6) is 0. The van der Waals surface area contributed by atoms with Gasteiger partial charge in [0.15, 0.2) is 0 Å². The minimum absolute atomic E-state index is 0.0346. The number of amides is 1. The molecule has 0 aliphatic carbocycles. The topological polar surface area (TPSA) is 55.6 Å². The van der Waals surface area contributed by atoms with E-state index in [0.29, 0.717) is 6.54 Å². The number of rotatable bonds is 2. The molecule has 2 atom stereocenters. The summed E-state index contributed by atoms with van der Waals surface area (Å²) in [4.78, 5) is 14.0. The normalized spacial score (nSPS) is 23.7. The summed E-state index contributed by atoms with van der Waals surface area (Å²) in [5.41, 5.74) is 6.92. The van der Waals surface area contributed by atoms with E-state index in [1.165, 1.54) is 5.56 Å². The summed E-state index contributed by atoms with van der Waals surface area (Å²) in [6, 6.07) is 2.17. The summed E-state index contributed by atoms with van der Waals surface area (Å²) >= 11 is 1.67. The molecule has 1 fully saturated rings. The Hall–Kier alpha value is -1.07. The molecule has 1 aliphatic heterocycles. The predicted molar refractivity (Wildman–Crippen MR) is 77.3 cm³/mol. The van der Waals surface area contributed by atoms with Gasteiger partial charge in [0.05, 0.1) is 6.04 Å². The highest BCUT2D eigenvalue weighted by molar-refractivity contribution is 7.07. The smallest absolute Gasteiger partial charge is 0.410 e. The van der Waals surface area contributed by atoms with Crippen LogP contribution < -0.4 is 5.73 Å². The lowest BCUT2D eigenvalue weighted by Crippen LogP contribution is -2.45. The van der Waals surface area contributed by atoms with Gasteiger partial charge in [0.25, 0.3) is 0 Å². The van der Waals surface area contributed by atoms with Gasteiger partial charge in [-0.05, 0) is 56.0 Å². The fourth-order valence-electron chi connectivity index (χ4n) is 2.34. The molecule has 0 radical (unpaired) electrons. The average molecular weight is 282 g/mol. The van der Waals surface area contributed by atoms with Crippen molar-refractivity contribution >= 4 is 17.4 Å². The third-order valence-corrected chi connectivity index (χ3v) is 3.98. The molecule has 1 unspecified atom stereocenters. The Balaban J connectivity index is 2.04. The zero-order valence-electron chi connectivity index (χ0n) is 11.8. The Morgan fingerprint density at radius 2 is 2.32 bits per heavy atom. The SMILES string of the molecule is CC(C)(C)OC(=O)N1CC[C@@H](N)C1Cc1ccsc1. The van der Waals surface area contributed by atoms with Crippen LogP contribution in [0, 0.1) is 0 Å². The van der Waals surface area contributed by atoms with Crippen molar-refractivity contribution < 1.29 is 9.53 Å². The van der Waals surface area contributed by atoms with Crippen molar-refractivity contribution in [2.45, 2.75) is 51.3 Å². The number of likely N-dealkylation sites (tertiary alicyclic amines) is 1. The molecule has 2 rings (SSSR count). The predicted octanol–water partition coefficient (Wildman–Crippen LogP) is 2.63. The summed E-state index contributed by atoms with van der Waals surface area (Å²) in [6.07, 6.45) is 1.40. The lowest BCUT2D eigenvalue weighted by Gasteiger charge is -2.29. The Labute approximate surface area is 118 Å². The van der Waals surface area contributed by atoms with Gasteiger partial charge in [0.2, 0.25) is 0 Å². The number of thiophene rings is 1. The summed E-state index contributed by atoms with van der Waals surface area (Å²) in [7, 11) is 0. The molecule has 106 valence electrons. The highest BCUT2D eigenvalue weighted by atomic mass is 32.1. The third kappa shape index (κ3) is 3.70. The van der Waals surface area contributed by atoms with E-state index in [4.69, 9.17) is 10.5 Å². The molecule has 2 heterocycles. The highest BCUT2D eigenvalue weighted by Crippen LogP contribution is 2.24. The van der Waals surface area contributed by atoms with Crippen molar-refractivity contribution in [3.05, 3.63) is 22.4 Å². The third-order valence-electron chi connectivity index (χ3n) is 3.25. The molecular weight excluding hydrogens is 260 g/mol. The molecule has 5 heteroatoms. The zero-order chi connectivity index (χ0) is 14.0. The van der Waals surface area contributed by atoms with Crippen LogP contribution >= 0.6 is 11.3 Å². The van der Waals surface area contributed by atoms with Crippen LogP contribution in [0.1, 0.15) is 32.8 Å². The van der Waals surface area contributed by atoms with E-state index in [1.54, 1.807) is 16.2 Å². The van der Waals surface area contributed by atoms with Crippen LogP contribution in [0.5, 0.6) is 0 Å². The van der Waals surface area contributed by atoms with Crippen molar-refractivity contribution in [2.75, 3.05) is 6.54 Å². The second-order valence-corrected chi connectivity index (χ2v) is 6.81. The second-order valence-electron chi connectivity index (χ2n) is 6.03. The standard InChI is InChI=1S/C14H22N2O2S/c1-14(2,3)18-13(17)16-6-4-11(15)12(16)8-10-5-7-19-9-10/h5,7,9,11-12H,4,6,8,15H2,1-3H3/t11-,12?/m1/s1. The van der Waals surface area contributed by atoms with Gasteiger partial charge in [0.1, 0.15) is 5.60 Å². The number of carbonyl (C=O) groups is 1. The van der Waals surface area contributed by atoms with Gasteiger partial charge < -0.3 is 15.4 Å². The molecule has 19 heavy (non-hydrogen) atoms. The van der Waals surface area contributed by atoms with Crippen molar-refractivity contribution in [3.8, 4) is 0 Å². The van der Waals surface area contributed by atoms with E-state index in [-0.39, 0.29) is 18.2 Å². The Morgan fingerprint density at radius 3 is 2.89 bits per heavy atom. The molecule has 1 aromatic heterocycles. The first-order valence-electron chi connectivity index (χ1n) is 6.63. The number of hydrogen-bond donors (Lipinski definition) is 1. The number of nitrogens with zero attached hydrogens (tertiary/aromatic N) is 1. The average Bonchev–Trinajstić information content (AvgIpc) is 2.88. The quantitative estimate of drug-likeness (QED) is 0.907. The summed E-state index contributed by atoms with van der Waals surface area (Å²) < 4.78 is 5.45. The Kier molecular flexibility index (Phi) is 4.16. The molecular formula is C14H22N2O2S. The molecule has 4 nitrogen and oxygen atoms in total. The monoisotopic (exact) mass is 282 g/mol. The largest absolute Gasteiger partial charge is 0.444 e. The number of nitrogens with two attached hydrogens (primary N) is 1. The first kappa shape index (κ1) is 14.3. The second kappa shape index (κ2) is 5.51. The molecule has 1 aliphatic rings. The van der Waals surface area contributed by atoms with Crippen molar-refractivity contribution in [2.24, 2.45) is 5.73 Å². The molecule has 1 amide bonds. The molecule has 1 aromatic rings. The Morgan fingerprint density at radius 1 is 1.58 bits per heavy atom. The summed E-state index contributed by atoms with van der Waals surface area (Å²) in [6.45, 7) is 6.34. The number of carbonyl (C=O) groups excluding carboxylic acids is 1.